The summed E-state index contributed by atoms with van der Waals surface area (Å²) >= 11 is 0. The molecule has 1 rings (SSSR count). The van der Waals surface area contributed by atoms with Gasteiger partial charge in [0.15, 0.2) is 0 Å². The van der Waals surface area contributed by atoms with Gasteiger partial charge in [-0.15, -0.1) is 0 Å². The van der Waals surface area contributed by atoms with E-state index in [1.165, 1.54) is 23.7 Å². The number of hydrogen-bond donors (Lipinski definition) is 1. The van der Waals surface area contributed by atoms with E-state index in [1.54, 1.807) is 0 Å². The Kier molecular flexibility index (Phi) is 5.82. The number of ether oxygens (including phenoxy) is 1. The van der Waals surface area contributed by atoms with Crippen LogP contribution < -0.4 is 9.46 Å². The van der Waals surface area contributed by atoms with Crippen LogP contribution in [0.1, 0.15) is 30.0 Å². The van der Waals surface area contributed by atoms with Crippen LogP contribution in [0.5, 0.6) is 5.75 Å². The van der Waals surface area contributed by atoms with Crippen molar-refractivity contribution in [3.05, 3.63) is 28.8 Å². The van der Waals surface area contributed by atoms with Gasteiger partial charge in [-0.2, -0.15) is 0 Å². The minimum Gasteiger partial charge on any atom is -0.494 e. The quantitative estimate of drug-likeness (QED) is 0.781. The molecule has 0 amide bonds. The summed E-state index contributed by atoms with van der Waals surface area (Å²) in [4.78, 5) is 0. The lowest BCUT2D eigenvalue weighted by Gasteiger charge is -2.12. The SMILES string of the molecule is CCc1c(C)cc(OCCCS(=O)(=O)NC)cc1C. The van der Waals surface area contributed by atoms with Crippen LogP contribution >= 0.6 is 0 Å². The van der Waals surface area contributed by atoms with Gasteiger partial charge < -0.3 is 4.74 Å². The lowest BCUT2D eigenvalue weighted by molar-refractivity contribution is 0.317. The average Bonchev–Trinajstić information content (AvgIpc) is 2.34. The predicted octanol–water partition coefficient (Wildman–Crippen LogP) is 2.18. The third-order valence-corrected chi connectivity index (χ3v) is 4.61. The first kappa shape index (κ1) is 16.0. The summed E-state index contributed by atoms with van der Waals surface area (Å²) in [7, 11) is -1.71. The molecule has 1 N–H and O–H groups in total. The average molecular weight is 285 g/mol. The second kappa shape index (κ2) is 6.91. The molecule has 1 aromatic carbocycles. The summed E-state index contributed by atoms with van der Waals surface area (Å²) < 4.78 is 30.4. The largest absolute Gasteiger partial charge is 0.494 e. The minimum atomic E-state index is -3.13. The highest BCUT2D eigenvalue weighted by Crippen LogP contribution is 2.22. The number of sulfonamides is 1. The maximum absolute atomic E-state index is 11.2. The van der Waals surface area contributed by atoms with E-state index in [4.69, 9.17) is 4.74 Å². The summed E-state index contributed by atoms with van der Waals surface area (Å²) in [6, 6.07) is 4.02. The van der Waals surface area contributed by atoms with Crippen molar-refractivity contribution >= 4 is 10.0 Å². The maximum Gasteiger partial charge on any atom is 0.211 e. The van der Waals surface area contributed by atoms with Crippen molar-refractivity contribution < 1.29 is 13.2 Å². The van der Waals surface area contributed by atoms with Crippen LogP contribution in [0.15, 0.2) is 12.1 Å². The molecule has 0 fully saturated rings. The van der Waals surface area contributed by atoms with Crippen molar-refractivity contribution in [3.8, 4) is 5.75 Å². The van der Waals surface area contributed by atoms with Gasteiger partial charge in [-0.05, 0) is 62.6 Å². The highest BCUT2D eigenvalue weighted by atomic mass is 32.2. The van der Waals surface area contributed by atoms with Crippen molar-refractivity contribution in [2.75, 3.05) is 19.4 Å². The molecule has 1 aromatic rings. The van der Waals surface area contributed by atoms with Gasteiger partial charge in [0, 0.05) is 0 Å². The van der Waals surface area contributed by atoms with Crippen LogP contribution in [-0.4, -0.2) is 27.8 Å². The van der Waals surface area contributed by atoms with Gasteiger partial charge in [0.2, 0.25) is 10.0 Å². The predicted molar refractivity (Wildman–Crippen MR) is 78.3 cm³/mol. The molecule has 108 valence electrons. The molecule has 0 aromatic heterocycles. The van der Waals surface area contributed by atoms with Gasteiger partial charge in [-0.3, -0.25) is 0 Å². The number of hydrogen-bond acceptors (Lipinski definition) is 3. The fourth-order valence-electron chi connectivity index (χ4n) is 2.14. The number of aryl methyl sites for hydroxylation is 2. The molecule has 0 heterocycles. The summed E-state index contributed by atoms with van der Waals surface area (Å²) in [6.07, 6.45) is 1.50. The van der Waals surface area contributed by atoms with Crippen molar-refractivity contribution in [2.45, 2.75) is 33.6 Å². The lowest BCUT2D eigenvalue weighted by atomic mass is 10.0. The third-order valence-electron chi connectivity index (χ3n) is 3.16. The van der Waals surface area contributed by atoms with Crippen LogP contribution in [0.2, 0.25) is 0 Å². The van der Waals surface area contributed by atoms with Crippen molar-refractivity contribution in [1.29, 1.82) is 0 Å². The summed E-state index contributed by atoms with van der Waals surface area (Å²) in [5, 5.41) is 0. The molecule has 0 saturated carbocycles. The normalized spacial score (nSPS) is 11.6. The fourth-order valence-corrected chi connectivity index (χ4v) is 2.84. The number of rotatable bonds is 7. The summed E-state index contributed by atoms with van der Waals surface area (Å²) in [5.41, 5.74) is 3.80. The molecule has 0 unspecified atom stereocenters. The first-order valence-electron chi connectivity index (χ1n) is 6.53. The van der Waals surface area contributed by atoms with E-state index in [1.807, 2.05) is 12.1 Å². The standard InChI is InChI=1S/C14H23NO3S/c1-5-14-11(2)9-13(10-12(14)3)18-7-6-8-19(16,17)15-4/h9-10,15H,5-8H2,1-4H3. The molecule has 0 aliphatic heterocycles. The zero-order chi connectivity index (χ0) is 14.5. The maximum atomic E-state index is 11.2. The highest BCUT2D eigenvalue weighted by molar-refractivity contribution is 7.89. The fraction of sp³-hybridized carbons (Fsp3) is 0.571. The first-order chi connectivity index (χ1) is 8.89. The van der Waals surface area contributed by atoms with Gasteiger partial charge in [0.05, 0.1) is 12.4 Å². The topological polar surface area (TPSA) is 55.4 Å². The summed E-state index contributed by atoms with van der Waals surface area (Å²) in [6.45, 7) is 6.69. The molecule has 0 bridgehead atoms. The summed E-state index contributed by atoms with van der Waals surface area (Å²) in [5.74, 6) is 0.906. The molecule has 5 heteroatoms. The minimum absolute atomic E-state index is 0.0918. The van der Waals surface area contributed by atoms with E-state index in [0.29, 0.717) is 13.0 Å². The molecule has 0 aliphatic carbocycles. The van der Waals surface area contributed by atoms with Crippen LogP contribution in [-0.2, 0) is 16.4 Å². The second-order valence-electron chi connectivity index (χ2n) is 4.61. The molecule has 0 radical (unpaired) electrons. The van der Waals surface area contributed by atoms with Crippen molar-refractivity contribution in [2.24, 2.45) is 0 Å². The second-order valence-corrected chi connectivity index (χ2v) is 6.66. The van der Waals surface area contributed by atoms with E-state index >= 15 is 0 Å². The van der Waals surface area contributed by atoms with E-state index in [0.717, 1.165) is 12.2 Å². The van der Waals surface area contributed by atoms with Crippen molar-refractivity contribution in [1.82, 2.24) is 4.72 Å². The van der Waals surface area contributed by atoms with E-state index < -0.39 is 10.0 Å². The Hall–Kier alpha value is -1.07. The lowest BCUT2D eigenvalue weighted by Crippen LogP contribution is -2.23. The Balaban J connectivity index is 2.55. The zero-order valence-corrected chi connectivity index (χ0v) is 12.9. The molecule has 0 aliphatic rings. The molecule has 0 spiro atoms. The van der Waals surface area contributed by atoms with E-state index in [-0.39, 0.29) is 5.75 Å². The number of benzene rings is 1. The van der Waals surface area contributed by atoms with Crippen LogP contribution in [0, 0.1) is 13.8 Å². The Labute approximate surface area is 116 Å². The van der Waals surface area contributed by atoms with E-state index in [2.05, 4.69) is 25.5 Å². The molecular weight excluding hydrogens is 262 g/mol. The Morgan fingerprint density at radius 2 is 1.79 bits per heavy atom. The van der Waals surface area contributed by atoms with Gasteiger partial charge >= 0.3 is 0 Å². The number of nitrogens with one attached hydrogen (secondary N) is 1. The Morgan fingerprint density at radius 3 is 2.26 bits per heavy atom. The molecule has 0 atom stereocenters. The molecular formula is C14H23NO3S. The van der Waals surface area contributed by atoms with Gasteiger partial charge in [0.25, 0.3) is 0 Å². The van der Waals surface area contributed by atoms with Crippen LogP contribution in [0.4, 0.5) is 0 Å². The van der Waals surface area contributed by atoms with Crippen molar-refractivity contribution in [3.63, 3.8) is 0 Å². The van der Waals surface area contributed by atoms with Gasteiger partial charge in [0.1, 0.15) is 5.75 Å². The smallest absolute Gasteiger partial charge is 0.211 e. The monoisotopic (exact) mass is 285 g/mol. The highest BCUT2D eigenvalue weighted by Gasteiger charge is 2.07. The van der Waals surface area contributed by atoms with Crippen LogP contribution in [0.3, 0.4) is 0 Å². The molecule has 4 nitrogen and oxygen atoms in total. The molecule has 0 saturated heterocycles. The zero-order valence-electron chi connectivity index (χ0n) is 12.1. The van der Waals surface area contributed by atoms with Gasteiger partial charge in [-0.1, -0.05) is 6.92 Å². The van der Waals surface area contributed by atoms with Gasteiger partial charge in [-0.25, -0.2) is 13.1 Å². The Morgan fingerprint density at radius 1 is 1.21 bits per heavy atom. The van der Waals surface area contributed by atoms with E-state index in [9.17, 15) is 8.42 Å². The van der Waals surface area contributed by atoms with Crippen LogP contribution in [0.25, 0.3) is 0 Å². The Bertz CT molecular complexity index is 500. The third kappa shape index (κ3) is 4.84. The molecule has 19 heavy (non-hydrogen) atoms. The first-order valence-corrected chi connectivity index (χ1v) is 8.19.